The van der Waals surface area contributed by atoms with Crippen molar-refractivity contribution in [2.24, 2.45) is 0 Å². The lowest BCUT2D eigenvalue weighted by atomic mass is 9.97. The second-order valence-corrected chi connectivity index (χ2v) is 6.93. The van der Waals surface area contributed by atoms with Gasteiger partial charge in [-0.15, -0.1) is 11.3 Å². The topological polar surface area (TPSA) is 86.2 Å². The highest BCUT2D eigenvalue weighted by atomic mass is 32.1. The van der Waals surface area contributed by atoms with Crippen LogP contribution in [0.5, 0.6) is 5.75 Å². The lowest BCUT2D eigenvalue weighted by molar-refractivity contribution is 0.386. The Morgan fingerprint density at radius 3 is 2.72 bits per heavy atom. The number of pyridine rings is 1. The molecule has 3 rings (SSSR count). The van der Waals surface area contributed by atoms with E-state index in [2.05, 4.69) is 11.1 Å². The van der Waals surface area contributed by atoms with Crippen LogP contribution < -0.4 is 5.73 Å². The lowest BCUT2D eigenvalue weighted by Crippen LogP contribution is -2.10. The monoisotopic (exact) mass is 350 g/mol. The standard InChI is InChI=1S/C19H18N4OS/c1-23(2)11-13-8-12(5-6-17(13)24)14-9-16(18-4-3-7-25-18)22-19(21)15(14)10-20/h3-9,24H,11H2,1-2H3,(H2,21,22). The molecule has 0 saturated carbocycles. The number of aromatic hydroxyl groups is 1. The number of nitrogens with zero attached hydrogens (tertiary/aromatic N) is 3. The molecular formula is C19H18N4OS. The summed E-state index contributed by atoms with van der Waals surface area (Å²) in [6, 6.07) is 13.3. The van der Waals surface area contributed by atoms with Crippen molar-refractivity contribution >= 4 is 17.2 Å². The molecule has 0 radical (unpaired) electrons. The van der Waals surface area contributed by atoms with Gasteiger partial charge in [0.25, 0.3) is 0 Å². The molecule has 0 aliphatic carbocycles. The molecule has 5 nitrogen and oxygen atoms in total. The third kappa shape index (κ3) is 3.48. The fourth-order valence-corrected chi connectivity index (χ4v) is 3.37. The highest BCUT2D eigenvalue weighted by molar-refractivity contribution is 7.13. The van der Waals surface area contributed by atoms with Gasteiger partial charge >= 0.3 is 0 Å². The van der Waals surface area contributed by atoms with Crippen LogP contribution in [0.2, 0.25) is 0 Å². The molecule has 126 valence electrons. The third-order valence-corrected chi connectivity index (χ3v) is 4.70. The number of nitrogen functional groups attached to an aromatic ring is 1. The smallest absolute Gasteiger partial charge is 0.142 e. The third-order valence-electron chi connectivity index (χ3n) is 3.81. The normalized spacial score (nSPS) is 10.8. The van der Waals surface area contributed by atoms with Crippen LogP contribution in [0.4, 0.5) is 5.82 Å². The fraction of sp³-hybridized carbons (Fsp3) is 0.158. The second kappa shape index (κ2) is 6.93. The quantitative estimate of drug-likeness (QED) is 0.749. The first kappa shape index (κ1) is 17.0. The molecule has 0 spiro atoms. The fourth-order valence-electron chi connectivity index (χ4n) is 2.68. The molecule has 3 N–H and O–H groups in total. The summed E-state index contributed by atoms with van der Waals surface area (Å²) < 4.78 is 0. The van der Waals surface area contributed by atoms with Crippen molar-refractivity contribution in [3.8, 4) is 33.5 Å². The van der Waals surface area contributed by atoms with Crippen molar-refractivity contribution in [3.63, 3.8) is 0 Å². The zero-order valence-corrected chi connectivity index (χ0v) is 14.8. The van der Waals surface area contributed by atoms with Crippen LogP contribution in [0.25, 0.3) is 21.7 Å². The Hall–Kier alpha value is -2.88. The maximum absolute atomic E-state index is 10.1. The Bertz CT molecular complexity index is 943. The van der Waals surface area contributed by atoms with Crippen LogP contribution in [-0.4, -0.2) is 29.1 Å². The summed E-state index contributed by atoms with van der Waals surface area (Å²) in [5.74, 6) is 0.446. The molecule has 1 aromatic carbocycles. The Morgan fingerprint density at radius 2 is 2.08 bits per heavy atom. The molecule has 0 aliphatic rings. The van der Waals surface area contributed by atoms with Crippen molar-refractivity contribution in [2.45, 2.75) is 6.54 Å². The lowest BCUT2D eigenvalue weighted by Gasteiger charge is -2.14. The zero-order chi connectivity index (χ0) is 18.0. The number of phenolic OH excluding ortho intramolecular Hbond substituents is 1. The molecule has 6 heteroatoms. The molecule has 0 saturated heterocycles. The Balaban J connectivity index is 2.17. The number of aromatic nitrogens is 1. The Labute approximate surface area is 150 Å². The summed E-state index contributed by atoms with van der Waals surface area (Å²) in [7, 11) is 3.87. The van der Waals surface area contributed by atoms with Crippen LogP contribution in [0, 0.1) is 11.3 Å². The van der Waals surface area contributed by atoms with Crippen molar-refractivity contribution in [1.29, 1.82) is 5.26 Å². The Morgan fingerprint density at radius 1 is 1.28 bits per heavy atom. The molecule has 3 aromatic rings. The van der Waals surface area contributed by atoms with Crippen LogP contribution in [0.3, 0.4) is 0 Å². The van der Waals surface area contributed by atoms with Gasteiger partial charge in [0.2, 0.25) is 0 Å². The average Bonchev–Trinajstić information content (AvgIpc) is 3.10. The molecule has 2 heterocycles. The van der Waals surface area contributed by atoms with Gasteiger partial charge in [0.1, 0.15) is 23.2 Å². The van der Waals surface area contributed by atoms with Gasteiger partial charge in [0.15, 0.2) is 0 Å². The van der Waals surface area contributed by atoms with E-state index in [9.17, 15) is 10.4 Å². The first-order valence-corrected chi connectivity index (χ1v) is 8.59. The largest absolute Gasteiger partial charge is 0.508 e. The molecule has 0 aliphatic heterocycles. The minimum Gasteiger partial charge on any atom is -0.508 e. The van der Waals surface area contributed by atoms with Gasteiger partial charge in [0, 0.05) is 17.7 Å². The van der Waals surface area contributed by atoms with E-state index in [1.165, 1.54) is 0 Å². The summed E-state index contributed by atoms with van der Waals surface area (Å²) in [4.78, 5) is 7.33. The van der Waals surface area contributed by atoms with E-state index in [-0.39, 0.29) is 11.6 Å². The van der Waals surface area contributed by atoms with Gasteiger partial charge in [-0.3, -0.25) is 0 Å². The number of nitriles is 1. The van der Waals surface area contributed by atoms with Crippen LogP contribution >= 0.6 is 11.3 Å². The summed E-state index contributed by atoms with van der Waals surface area (Å²) >= 11 is 1.57. The predicted molar refractivity (Wildman–Crippen MR) is 101 cm³/mol. The highest BCUT2D eigenvalue weighted by Gasteiger charge is 2.15. The number of anilines is 1. The van der Waals surface area contributed by atoms with Crippen molar-refractivity contribution in [2.75, 3.05) is 19.8 Å². The first-order chi connectivity index (χ1) is 12.0. The van der Waals surface area contributed by atoms with Crippen molar-refractivity contribution in [3.05, 3.63) is 52.9 Å². The van der Waals surface area contributed by atoms with Gasteiger partial charge in [-0.05, 0) is 49.3 Å². The number of benzene rings is 1. The summed E-state index contributed by atoms with van der Waals surface area (Å²) in [5, 5.41) is 21.6. The van der Waals surface area contributed by atoms with Crippen molar-refractivity contribution < 1.29 is 5.11 Å². The molecule has 0 bridgehead atoms. The van der Waals surface area contributed by atoms with Gasteiger partial charge in [-0.25, -0.2) is 4.98 Å². The SMILES string of the molecule is CN(C)Cc1cc(-c2cc(-c3cccs3)nc(N)c2C#N)ccc1O. The first-order valence-electron chi connectivity index (χ1n) is 7.71. The van der Waals surface area contributed by atoms with E-state index < -0.39 is 0 Å². The highest BCUT2D eigenvalue weighted by Crippen LogP contribution is 2.34. The van der Waals surface area contributed by atoms with E-state index in [0.717, 1.165) is 27.3 Å². The van der Waals surface area contributed by atoms with Gasteiger partial charge in [0.05, 0.1) is 10.6 Å². The van der Waals surface area contributed by atoms with Gasteiger partial charge in [-0.2, -0.15) is 5.26 Å². The minimum absolute atomic E-state index is 0.214. The van der Waals surface area contributed by atoms with Crippen LogP contribution in [0.15, 0.2) is 41.8 Å². The number of thiophene rings is 1. The van der Waals surface area contributed by atoms with Crippen LogP contribution in [-0.2, 0) is 6.54 Å². The molecule has 2 aromatic heterocycles. The maximum atomic E-state index is 10.1. The van der Waals surface area contributed by atoms with Gasteiger partial charge < -0.3 is 15.7 Å². The van der Waals surface area contributed by atoms with E-state index >= 15 is 0 Å². The second-order valence-electron chi connectivity index (χ2n) is 5.99. The minimum atomic E-state index is 0.214. The van der Waals surface area contributed by atoms with E-state index in [0.29, 0.717) is 12.1 Å². The number of phenols is 1. The molecule has 25 heavy (non-hydrogen) atoms. The molecule has 0 amide bonds. The molecule has 0 atom stereocenters. The maximum Gasteiger partial charge on any atom is 0.142 e. The predicted octanol–water partition coefficient (Wildman–Crippen LogP) is 3.70. The van der Waals surface area contributed by atoms with Crippen LogP contribution in [0.1, 0.15) is 11.1 Å². The zero-order valence-electron chi connectivity index (χ0n) is 14.0. The summed E-state index contributed by atoms with van der Waals surface area (Å²) in [6.45, 7) is 0.597. The molecule has 0 fully saturated rings. The Kier molecular flexibility index (Phi) is 4.70. The van der Waals surface area contributed by atoms with Gasteiger partial charge in [-0.1, -0.05) is 12.1 Å². The van der Waals surface area contributed by atoms with E-state index in [1.54, 1.807) is 23.5 Å². The van der Waals surface area contributed by atoms with E-state index in [4.69, 9.17) is 5.73 Å². The summed E-state index contributed by atoms with van der Waals surface area (Å²) in [5.41, 5.74) is 9.47. The summed E-state index contributed by atoms with van der Waals surface area (Å²) in [6.07, 6.45) is 0. The van der Waals surface area contributed by atoms with Crippen molar-refractivity contribution in [1.82, 2.24) is 9.88 Å². The van der Waals surface area contributed by atoms with E-state index in [1.807, 2.05) is 48.6 Å². The average molecular weight is 350 g/mol. The number of nitrogens with two attached hydrogens (primary N) is 1. The number of hydrogen-bond donors (Lipinski definition) is 2. The molecule has 0 unspecified atom stereocenters. The molecular weight excluding hydrogens is 332 g/mol. The number of rotatable bonds is 4. The number of hydrogen-bond acceptors (Lipinski definition) is 6.